The summed E-state index contributed by atoms with van der Waals surface area (Å²) >= 11 is 6.79. The van der Waals surface area contributed by atoms with Crippen LogP contribution in [-0.4, -0.2) is 33.7 Å². The molecule has 0 saturated heterocycles. The van der Waals surface area contributed by atoms with E-state index in [0.29, 0.717) is 11.7 Å². The van der Waals surface area contributed by atoms with E-state index in [1.54, 1.807) is 12.3 Å². The number of alkyl halides is 1. The number of pyridine rings is 1. The Kier molecular flexibility index (Phi) is 5.82. The number of halogens is 2. The van der Waals surface area contributed by atoms with E-state index in [0.717, 1.165) is 29.2 Å². The number of nitrogens with zero attached hydrogens (tertiary/aromatic N) is 2. The summed E-state index contributed by atoms with van der Waals surface area (Å²) in [5.41, 5.74) is 0.537. The van der Waals surface area contributed by atoms with Crippen LogP contribution in [0.4, 0.5) is 0 Å². The van der Waals surface area contributed by atoms with Crippen molar-refractivity contribution in [2.24, 2.45) is 0 Å². The Balaban J connectivity index is 2.13. The first-order valence-corrected chi connectivity index (χ1v) is 8.62. The highest BCUT2D eigenvalue weighted by Crippen LogP contribution is 2.24. The highest BCUT2D eigenvalue weighted by Gasteiger charge is 2.26. The molecule has 0 atom stereocenters. The monoisotopic (exact) mass is 388 g/mol. The van der Waals surface area contributed by atoms with Crippen LogP contribution in [0.3, 0.4) is 0 Å². The Bertz CT molecular complexity index is 416. The second-order valence-electron chi connectivity index (χ2n) is 4.84. The molecular formula is C14H18Br2N2O. The standard InChI is InChI=1S/C14H18Br2N2O/c15-8-9-18(12-4-2-1-3-5-12)14(19)13-7-6-11(16)10-17-13/h6-7,10,12H,1-5,8-9H2. The minimum absolute atomic E-state index is 0.0545. The molecule has 1 aliphatic carbocycles. The van der Waals surface area contributed by atoms with Crippen LogP contribution < -0.4 is 0 Å². The molecule has 1 aromatic rings. The lowest BCUT2D eigenvalue weighted by Crippen LogP contribution is -2.42. The molecule has 1 heterocycles. The second-order valence-corrected chi connectivity index (χ2v) is 6.55. The van der Waals surface area contributed by atoms with Gasteiger partial charge in [-0.3, -0.25) is 4.79 Å². The summed E-state index contributed by atoms with van der Waals surface area (Å²) in [6.07, 6.45) is 7.67. The molecule has 1 aromatic heterocycles. The number of aromatic nitrogens is 1. The fraction of sp³-hybridized carbons (Fsp3) is 0.571. The molecule has 1 fully saturated rings. The van der Waals surface area contributed by atoms with E-state index in [1.165, 1.54) is 19.3 Å². The molecule has 1 saturated carbocycles. The van der Waals surface area contributed by atoms with Crippen molar-refractivity contribution in [2.45, 2.75) is 38.1 Å². The molecule has 0 radical (unpaired) electrons. The number of rotatable bonds is 4. The Labute approximate surface area is 131 Å². The molecule has 0 aliphatic heterocycles. The van der Waals surface area contributed by atoms with Crippen molar-refractivity contribution >= 4 is 37.8 Å². The first-order chi connectivity index (χ1) is 9.22. The number of hydrogen-bond donors (Lipinski definition) is 0. The minimum atomic E-state index is 0.0545. The lowest BCUT2D eigenvalue weighted by molar-refractivity contribution is 0.0645. The van der Waals surface area contributed by atoms with Crippen LogP contribution in [0.15, 0.2) is 22.8 Å². The molecule has 0 spiro atoms. The van der Waals surface area contributed by atoms with Crippen LogP contribution in [0.5, 0.6) is 0 Å². The summed E-state index contributed by atoms with van der Waals surface area (Å²) in [5.74, 6) is 0.0545. The third-order valence-electron chi connectivity index (χ3n) is 3.55. The molecule has 19 heavy (non-hydrogen) atoms. The zero-order valence-corrected chi connectivity index (χ0v) is 14.0. The van der Waals surface area contributed by atoms with E-state index in [9.17, 15) is 4.79 Å². The van der Waals surface area contributed by atoms with Gasteiger partial charge in [0.05, 0.1) is 0 Å². The van der Waals surface area contributed by atoms with Crippen molar-refractivity contribution in [2.75, 3.05) is 11.9 Å². The first kappa shape index (κ1) is 15.0. The minimum Gasteiger partial charge on any atom is -0.333 e. The number of carbonyl (C=O) groups is 1. The molecule has 0 bridgehead atoms. The average molecular weight is 390 g/mol. The van der Waals surface area contributed by atoms with Gasteiger partial charge in [0.25, 0.3) is 5.91 Å². The number of amides is 1. The molecular weight excluding hydrogens is 372 g/mol. The van der Waals surface area contributed by atoms with E-state index in [-0.39, 0.29) is 5.91 Å². The largest absolute Gasteiger partial charge is 0.333 e. The summed E-state index contributed by atoms with van der Waals surface area (Å²) < 4.78 is 0.897. The van der Waals surface area contributed by atoms with Gasteiger partial charge in [-0.05, 0) is 40.9 Å². The molecule has 0 unspecified atom stereocenters. The van der Waals surface area contributed by atoms with Gasteiger partial charge in [0.15, 0.2) is 0 Å². The Morgan fingerprint density at radius 1 is 1.32 bits per heavy atom. The van der Waals surface area contributed by atoms with Gasteiger partial charge in [0.2, 0.25) is 0 Å². The lowest BCUT2D eigenvalue weighted by atomic mass is 9.94. The third kappa shape index (κ3) is 4.02. The molecule has 1 aliphatic rings. The molecule has 2 rings (SSSR count). The number of hydrogen-bond acceptors (Lipinski definition) is 2. The zero-order valence-electron chi connectivity index (χ0n) is 10.8. The van der Waals surface area contributed by atoms with E-state index in [1.807, 2.05) is 11.0 Å². The maximum atomic E-state index is 12.6. The van der Waals surface area contributed by atoms with Crippen molar-refractivity contribution in [1.29, 1.82) is 0 Å². The van der Waals surface area contributed by atoms with Crippen LogP contribution in [0.25, 0.3) is 0 Å². The second kappa shape index (κ2) is 7.39. The maximum Gasteiger partial charge on any atom is 0.272 e. The Morgan fingerprint density at radius 2 is 2.05 bits per heavy atom. The summed E-state index contributed by atoms with van der Waals surface area (Å²) in [7, 11) is 0. The van der Waals surface area contributed by atoms with Crippen molar-refractivity contribution in [3.05, 3.63) is 28.5 Å². The van der Waals surface area contributed by atoms with Crippen LogP contribution in [0, 0.1) is 0 Å². The van der Waals surface area contributed by atoms with E-state index < -0.39 is 0 Å². The summed E-state index contributed by atoms with van der Waals surface area (Å²) in [6.45, 7) is 0.751. The van der Waals surface area contributed by atoms with Gasteiger partial charge < -0.3 is 4.90 Å². The molecule has 0 N–H and O–H groups in total. The van der Waals surface area contributed by atoms with Crippen LogP contribution in [0.1, 0.15) is 42.6 Å². The van der Waals surface area contributed by atoms with Gasteiger partial charge in [-0.25, -0.2) is 4.98 Å². The van der Waals surface area contributed by atoms with Crippen LogP contribution in [0.2, 0.25) is 0 Å². The van der Waals surface area contributed by atoms with Crippen molar-refractivity contribution < 1.29 is 4.79 Å². The van der Waals surface area contributed by atoms with E-state index >= 15 is 0 Å². The summed E-state index contributed by atoms with van der Waals surface area (Å²) in [6, 6.07) is 4.04. The van der Waals surface area contributed by atoms with Crippen LogP contribution >= 0.6 is 31.9 Å². The normalized spacial score (nSPS) is 16.3. The predicted molar refractivity (Wildman–Crippen MR) is 83.6 cm³/mol. The third-order valence-corrected chi connectivity index (χ3v) is 4.37. The van der Waals surface area contributed by atoms with Gasteiger partial charge in [-0.2, -0.15) is 0 Å². The molecule has 104 valence electrons. The maximum absolute atomic E-state index is 12.6. The van der Waals surface area contributed by atoms with Gasteiger partial charge in [0, 0.05) is 28.6 Å². The fourth-order valence-electron chi connectivity index (χ4n) is 2.58. The summed E-state index contributed by atoms with van der Waals surface area (Å²) in [4.78, 5) is 18.8. The number of carbonyl (C=O) groups excluding carboxylic acids is 1. The van der Waals surface area contributed by atoms with E-state index in [4.69, 9.17) is 0 Å². The van der Waals surface area contributed by atoms with Crippen molar-refractivity contribution in [3.8, 4) is 0 Å². The molecule has 0 aromatic carbocycles. The molecule has 1 amide bonds. The lowest BCUT2D eigenvalue weighted by Gasteiger charge is -2.33. The molecule has 5 heteroatoms. The van der Waals surface area contributed by atoms with Gasteiger partial charge in [-0.1, -0.05) is 35.2 Å². The Morgan fingerprint density at radius 3 is 2.63 bits per heavy atom. The average Bonchev–Trinajstić information content (AvgIpc) is 2.46. The molecule has 3 nitrogen and oxygen atoms in total. The van der Waals surface area contributed by atoms with Crippen molar-refractivity contribution in [3.63, 3.8) is 0 Å². The van der Waals surface area contributed by atoms with Gasteiger partial charge in [0.1, 0.15) is 5.69 Å². The van der Waals surface area contributed by atoms with Crippen LogP contribution in [-0.2, 0) is 0 Å². The van der Waals surface area contributed by atoms with Gasteiger partial charge in [-0.15, -0.1) is 0 Å². The van der Waals surface area contributed by atoms with Gasteiger partial charge >= 0.3 is 0 Å². The van der Waals surface area contributed by atoms with Crippen molar-refractivity contribution in [1.82, 2.24) is 9.88 Å². The summed E-state index contributed by atoms with van der Waals surface area (Å²) in [5, 5.41) is 0.811. The predicted octanol–water partition coefficient (Wildman–Crippen LogP) is 4.01. The smallest absolute Gasteiger partial charge is 0.272 e. The SMILES string of the molecule is O=C(c1ccc(Br)cn1)N(CCBr)C1CCCCC1. The zero-order chi connectivity index (χ0) is 13.7. The fourth-order valence-corrected chi connectivity index (χ4v) is 3.20. The highest BCUT2D eigenvalue weighted by atomic mass is 79.9. The highest BCUT2D eigenvalue weighted by molar-refractivity contribution is 9.10. The van der Waals surface area contributed by atoms with E-state index in [2.05, 4.69) is 36.8 Å². The first-order valence-electron chi connectivity index (χ1n) is 6.71. The topological polar surface area (TPSA) is 33.2 Å². The Hall–Kier alpha value is -0.420. The quantitative estimate of drug-likeness (QED) is 0.728.